The van der Waals surface area contributed by atoms with Gasteiger partial charge in [-0.25, -0.2) is 8.42 Å². The Morgan fingerprint density at radius 3 is 2.34 bits per heavy atom. The highest BCUT2D eigenvalue weighted by Crippen LogP contribution is 2.24. The molecule has 0 bridgehead atoms. The average Bonchev–Trinajstić information content (AvgIpc) is 3.05. The lowest BCUT2D eigenvalue weighted by Gasteiger charge is -2.28. The zero-order valence-electron chi connectivity index (χ0n) is 16.7. The molecule has 0 unspecified atom stereocenters. The number of hydrogen-bond donors (Lipinski definition) is 0. The highest BCUT2D eigenvalue weighted by Gasteiger charge is 2.35. The molecule has 1 atom stereocenters. The summed E-state index contributed by atoms with van der Waals surface area (Å²) in [5, 5.41) is 0.618. The van der Waals surface area contributed by atoms with Crippen LogP contribution in [-0.2, 0) is 16.4 Å². The molecule has 3 rings (SSSR count). The van der Waals surface area contributed by atoms with Gasteiger partial charge >= 0.3 is 0 Å². The van der Waals surface area contributed by atoms with Gasteiger partial charge < -0.3 is 9.64 Å². The number of rotatable bonds is 7. The normalized spacial score (nSPS) is 18.0. The fraction of sp³-hybridized carbons (Fsp3) is 0.409. The summed E-state index contributed by atoms with van der Waals surface area (Å²) in [5.74, 6) is 1.06. The quantitative estimate of drug-likeness (QED) is 0.653. The van der Waals surface area contributed by atoms with Crippen LogP contribution in [0.1, 0.15) is 36.2 Å². The van der Waals surface area contributed by atoms with Crippen molar-refractivity contribution in [3.05, 3.63) is 64.7 Å². The van der Waals surface area contributed by atoms with E-state index in [1.54, 1.807) is 41.3 Å². The number of amides is 1. The smallest absolute Gasteiger partial charge is 0.254 e. The van der Waals surface area contributed by atoms with Crippen molar-refractivity contribution in [2.45, 2.75) is 32.9 Å². The number of ether oxygens (including phenoxy) is 1. The van der Waals surface area contributed by atoms with Crippen LogP contribution in [0.5, 0.6) is 5.75 Å². The van der Waals surface area contributed by atoms with Crippen LogP contribution in [0, 0.1) is 5.92 Å². The predicted molar refractivity (Wildman–Crippen MR) is 115 cm³/mol. The van der Waals surface area contributed by atoms with Crippen LogP contribution in [0.3, 0.4) is 0 Å². The molecule has 7 heteroatoms. The number of sulfone groups is 1. The van der Waals surface area contributed by atoms with E-state index in [1.165, 1.54) is 0 Å². The van der Waals surface area contributed by atoms with E-state index >= 15 is 0 Å². The molecule has 0 saturated carbocycles. The molecule has 1 saturated heterocycles. The maximum Gasteiger partial charge on any atom is 0.254 e. The third-order valence-electron chi connectivity index (χ3n) is 4.86. The van der Waals surface area contributed by atoms with Crippen molar-refractivity contribution in [2.24, 2.45) is 5.92 Å². The molecule has 1 aliphatic heterocycles. The molecule has 1 aliphatic rings. The molecule has 2 aromatic rings. The Morgan fingerprint density at radius 1 is 1.14 bits per heavy atom. The maximum atomic E-state index is 13.3. The standard InChI is InChI=1S/C22H26ClNO4S/c1-16(2)14-28-21-9-5-18(6-10-21)22(25)24(20-11-12-29(26,27)15-20)13-17-3-7-19(23)8-4-17/h3-10,16,20H,11-15H2,1-2H3/t20-/m1/s1. The van der Waals surface area contributed by atoms with Gasteiger partial charge in [0, 0.05) is 23.2 Å². The van der Waals surface area contributed by atoms with Crippen molar-refractivity contribution >= 4 is 27.3 Å². The van der Waals surface area contributed by atoms with Gasteiger partial charge in [0.05, 0.1) is 18.1 Å². The molecular weight excluding hydrogens is 410 g/mol. The molecule has 1 heterocycles. The van der Waals surface area contributed by atoms with E-state index in [9.17, 15) is 13.2 Å². The first kappa shape index (κ1) is 21.7. The van der Waals surface area contributed by atoms with E-state index in [2.05, 4.69) is 13.8 Å². The Morgan fingerprint density at radius 2 is 1.79 bits per heavy atom. The molecule has 0 spiro atoms. The topological polar surface area (TPSA) is 63.7 Å². The van der Waals surface area contributed by atoms with E-state index in [-0.39, 0.29) is 23.5 Å². The van der Waals surface area contributed by atoms with Gasteiger partial charge in [-0.05, 0) is 54.3 Å². The van der Waals surface area contributed by atoms with Crippen LogP contribution >= 0.6 is 11.6 Å². The third-order valence-corrected chi connectivity index (χ3v) is 6.86. The van der Waals surface area contributed by atoms with Gasteiger partial charge in [-0.2, -0.15) is 0 Å². The molecule has 1 fully saturated rings. The molecular formula is C22H26ClNO4S. The van der Waals surface area contributed by atoms with Gasteiger partial charge in [-0.15, -0.1) is 0 Å². The van der Waals surface area contributed by atoms with E-state index in [4.69, 9.17) is 16.3 Å². The number of benzene rings is 2. The second-order valence-corrected chi connectivity index (χ2v) is 10.5. The van der Waals surface area contributed by atoms with Crippen molar-refractivity contribution < 1.29 is 17.9 Å². The lowest BCUT2D eigenvalue weighted by Crippen LogP contribution is -2.40. The number of carbonyl (C=O) groups is 1. The average molecular weight is 436 g/mol. The first-order valence-electron chi connectivity index (χ1n) is 9.72. The van der Waals surface area contributed by atoms with E-state index in [1.807, 2.05) is 12.1 Å². The van der Waals surface area contributed by atoms with Crippen molar-refractivity contribution in [2.75, 3.05) is 18.1 Å². The predicted octanol–water partition coefficient (Wildman–Crippen LogP) is 4.20. The van der Waals surface area contributed by atoms with Gasteiger partial charge in [0.2, 0.25) is 0 Å². The molecule has 29 heavy (non-hydrogen) atoms. The first-order valence-corrected chi connectivity index (χ1v) is 11.9. The molecule has 0 radical (unpaired) electrons. The fourth-order valence-corrected chi connectivity index (χ4v) is 5.15. The molecule has 5 nitrogen and oxygen atoms in total. The molecule has 0 aromatic heterocycles. The Bertz CT molecular complexity index is 940. The summed E-state index contributed by atoms with van der Waals surface area (Å²) in [5.41, 5.74) is 1.42. The highest BCUT2D eigenvalue weighted by atomic mass is 35.5. The maximum absolute atomic E-state index is 13.3. The third kappa shape index (κ3) is 5.97. The van der Waals surface area contributed by atoms with Gasteiger partial charge in [0.1, 0.15) is 5.75 Å². The van der Waals surface area contributed by atoms with E-state index < -0.39 is 9.84 Å². The van der Waals surface area contributed by atoms with Gasteiger partial charge in [0.25, 0.3) is 5.91 Å². The minimum atomic E-state index is -3.11. The van der Waals surface area contributed by atoms with Crippen LogP contribution in [0.4, 0.5) is 0 Å². The second-order valence-electron chi connectivity index (χ2n) is 7.85. The summed E-state index contributed by atoms with van der Waals surface area (Å²) in [7, 11) is -3.11. The summed E-state index contributed by atoms with van der Waals surface area (Å²) >= 11 is 5.96. The van der Waals surface area contributed by atoms with Gasteiger partial charge in [-0.3, -0.25) is 4.79 Å². The van der Waals surface area contributed by atoms with Crippen LogP contribution in [-0.4, -0.2) is 43.4 Å². The number of nitrogens with zero attached hydrogens (tertiary/aromatic N) is 1. The molecule has 0 aliphatic carbocycles. The Labute approximate surface area is 177 Å². The number of halogens is 1. The van der Waals surface area contributed by atoms with Crippen molar-refractivity contribution in [1.29, 1.82) is 0 Å². The van der Waals surface area contributed by atoms with Crippen LogP contribution in [0.2, 0.25) is 5.02 Å². The fourth-order valence-electron chi connectivity index (χ4n) is 3.30. The second kappa shape index (κ2) is 9.18. The Hall–Kier alpha value is -2.05. The molecule has 2 aromatic carbocycles. The minimum Gasteiger partial charge on any atom is -0.493 e. The summed E-state index contributed by atoms with van der Waals surface area (Å²) in [4.78, 5) is 14.9. The molecule has 1 amide bonds. The van der Waals surface area contributed by atoms with E-state index in [0.29, 0.717) is 41.8 Å². The van der Waals surface area contributed by atoms with Crippen LogP contribution in [0.15, 0.2) is 48.5 Å². The lowest BCUT2D eigenvalue weighted by atomic mass is 10.1. The summed E-state index contributed by atoms with van der Waals surface area (Å²) in [6, 6.07) is 13.9. The molecule has 0 N–H and O–H groups in total. The number of hydrogen-bond acceptors (Lipinski definition) is 4. The van der Waals surface area contributed by atoms with Gasteiger partial charge in [0.15, 0.2) is 9.84 Å². The summed E-state index contributed by atoms with van der Waals surface area (Å²) in [6.45, 7) is 5.09. The SMILES string of the molecule is CC(C)COc1ccc(C(=O)N(Cc2ccc(Cl)cc2)[C@@H]2CCS(=O)(=O)C2)cc1. The minimum absolute atomic E-state index is 0.00190. The monoisotopic (exact) mass is 435 g/mol. The van der Waals surface area contributed by atoms with Crippen molar-refractivity contribution in [3.8, 4) is 5.75 Å². The lowest BCUT2D eigenvalue weighted by molar-refractivity contribution is 0.0681. The Balaban J connectivity index is 1.80. The zero-order valence-corrected chi connectivity index (χ0v) is 18.2. The zero-order chi connectivity index (χ0) is 21.0. The van der Waals surface area contributed by atoms with E-state index in [0.717, 1.165) is 5.56 Å². The Kier molecular flexibility index (Phi) is 6.85. The highest BCUT2D eigenvalue weighted by molar-refractivity contribution is 7.91. The largest absolute Gasteiger partial charge is 0.493 e. The molecule has 156 valence electrons. The van der Waals surface area contributed by atoms with Crippen LogP contribution < -0.4 is 4.74 Å². The van der Waals surface area contributed by atoms with Gasteiger partial charge in [-0.1, -0.05) is 37.6 Å². The summed E-state index contributed by atoms with van der Waals surface area (Å²) in [6.07, 6.45) is 0.456. The van der Waals surface area contributed by atoms with Crippen molar-refractivity contribution in [1.82, 2.24) is 4.90 Å². The summed E-state index contributed by atoms with van der Waals surface area (Å²) < 4.78 is 29.7. The van der Waals surface area contributed by atoms with Crippen molar-refractivity contribution in [3.63, 3.8) is 0 Å². The van der Waals surface area contributed by atoms with Crippen LogP contribution in [0.25, 0.3) is 0 Å². The first-order chi connectivity index (χ1) is 13.7. The number of carbonyl (C=O) groups excluding carboxylic acids is 1.